The van der Waals surface area contributed by atoms with Gasteiger partial charge in [-0.3, -0.25) is 4.79 Å². The first-order valence-electron chi connectivity index (χ1n) is 12.3. The van der Waals surface area contributed by atoms with Gasteiger partial charge in [0.25, 0.3) is 0 Å². The Balaban J connectivity index is 2.07. The second-order valence-corrected chi connectivity index (χ2v) is 11.6. The fraction of sp³-hybridized carbons (Fsp3) is 0.778. The largest absolute Gasteiger partial charge is 0.458 e. The molecule has 192 valence electrons. The first-order valence-corrected chi connectivity index (χ1v) is 12.3. The van der Waals surface area contributed by atoms with Gasteiger partial charge in [0.2, 0.25) is 0 Å². The van der Waals surface area contributed by atoms with Crippen LogP contribution in [-0.4, -0.2) is 58.3 Å². The summed E-state index contributed by atoms with van der Waals surface area (Å²) < 4.78 is 18.2. The predicted octanol–water partition coefficient (Wildman–Crippen LogP) is 3.72. The van der Waals surface area contributed by atoms with E-state index in [0.717, 1.165) is 0 Å². The lowest BCUT2D eigenvalue weighted by molar-refractivity contribution is -0.227. The molecule has 0 aromatic carbocycles. The first-order chi connectivity index (χ1) is 15.6. The fourth-order valence-electron chi connectivity index (χ4n) is 6.94. The van der Waals surface area contributed by atoms with Crippen molar-refractivity contribution in [2.45, 2.75) is 104 Å². The van der Waals surface area contributed by atoms with Gasteiger partial charge in [0, 0.05) is 23.3 Å². The molecule has 7 heteroatoms. The van der Waals surface area contributed by atoms with Gasteiger partial charge in [-0.25, -0.2) is 4.79 Å². The molecule has 34 heavy (non-hydrogen) atoms. The molecule has 0 radical (unpaired) electrons. The SMILES string of the molecule is C=C[C@](C)(O)CC[C@H]1[C@]23CO[C@@]1(C)[C@H](O)C[C@H]2C(C)(C)[C@H](OC(C)=O)[C@H](OC(=O)/C(C)=C\C)C3. The Kier molecular flexibility index (Phi) is 7.17. The number of aliphatic hydroxyl groups is 2. The molecule has 0 aromatic heterocycles. The van der Waals surface area contributed by atoms with Gasteiger partial charge in [0.1, 0.15) is 12.2 Å². The summed E-state index contributed by atoms with van der Waals surface area (Å²) in [6.07, 6.45) is 3.29. The molecule has 7 nitrogen and oxygen atoms in total. The van der Waals surface area contributed by atoms with E-state index in [1.165, 1.54) is 6.92 Å². The second kappa shape index (κ2) is 9.07. The van der Waals surface area contributed by atoms with Gasteiger partial charge in [0.05, 0.1) is 23.9 Å². The molecule has 0 aromatic rings. The molecule has 1 saturated heterocycles. The Hall–Kier alpha value is -1.70. The van der Waals surface area contributed by atoms with Crippen LogP contribution in [0.15, 0.2) is 24.3 Å². The van der Waals surface area contributed by atoms with E-state index >= 15 is 0 Å². The van der Waals surface area contributed by atoms with Gasteiger partial charge < -0.3 is 24.4 Å². The average Bonchev–Trinajstić information content (AvgIpc) is 2.98. The molecule has 1 spiro atoms. The molecular formula is C27H42O7. The monoisotopic (exact) mass is 478 g/mol. The van der Waals surface area contributed by atoms with Gasteiger partial charge in [-0.05, 0) is 65.2 Å². The highest BCUT2D eigenvalue weighted by molar-refractivity contribution is 5.87. The molecule has 1 heterocycles. The zero-order valence-electron chi connectivity index (χ0n) is 21.7. The minimum Gasteiger partial charge on any atom is -0.458 e. The van der Waals surface area contributed by atoms with Crippen molar-refractivity contribution in [1.82, 2.24) is 0 Å². The van der Waals surface area contributed by atoms with E-state index in [1.807, 2.05) is 20.8 Å². The topological polar surface area (TPSA) is 102 Å². The van der Waals surface area contributed by atoms with Crippen molar-refractivity contribution in [3.63, 3.8) is 0 Å². The zero-order chi connectivity index (χ0) is 25.7. The van der Waals surface area contributed by atoms with Gasteiger partial charge in [-0.2, -0.15) is 0 Å². The number of hydrogen-bond donors (Lipinski definition) is 2. The Morgan fingerprint density at radius 2 is 1.88 bits per heavy atom. The molecule has 0 unspecified atom stereocenters. The van der Waals surface area contributed by atoms with Crippen molar-refractivity contribution in [2.75, 3.05) is 6.61 Å². The maximum Gasteiger partial charge on any atom is 0.333 e. The number of esters is 2. The first kappa shape index (κ1) is 26.9. The van der Waals surface area contributed by atoms with E-state index in [-0.39, 0.29) is 11.8 Å². The lowest BCUT2D eigenvalue weighted by Gasteiger charge is -2.61. The predicted molar refractivity (Wildman–Crippen MR) is 128 cm³/mol. The third-order valence-corrected chi connectivity index (χ3v) is 9.09. The van der Waals surface area contributed by atoms with Crippen LogP contribution in [0.5, 0.6) is 0 Å². The molecule has 2 bridgehead atoms. The smallest absolute Gasteiger partial charge is 0.333 e. The molecule has 2 N–H and O–H groups in total. The third kappa shape index (κ3) is 4.35. The van der Waals surface area contributed by atoms with E-state index in [0.29, 0.717) is 37.9 Å². The van der Waals surface area contributed by atoms with Crippen LogP contribution in [0.3, 0.4) is 0 Å². The number of aliphatic hydroxyl groups excluding tert-OH is 1. The number of fused-ring (bicyclic) bond motifs is 1. The van der Waals surface area contributed by atoms with Crippen LogP contribution in [0.4, 0.5) is 0 Å². The van der Waals surface area contributed by atoms with Gasteiger partial charge in [0.15, 0.2) is 0 Å². The fourth-order valence-corrected chi connectivity index (χ4v) is 6.94. The van der Waals surface area contributed by atoms with Crippen molar-refractivity contribution >= 4 is 11.9 Å². The Labute approximate surface area is 203 Å². The lowest BCUT2D eigenvalue weighted by Crippen LogP contribution is -2.66. The van der Waals surface area contributed by atoms with Crippen molar-refractivity contribution in [2.24, 2.45) is 22.7 Å². The number of rotatable bonds is 7. The molecule has 0 amide bonds. The summed E-state index contributed by atoms with van der Waals surface area (Å²) in [6, 6.07) is 0. The van der Waals surface area contributed by atoms with E-state index in [1.54, 1.807) is 32.9 Å². The quantitative estimate of drug-likeness (QED) is 0.327. The highest BCUT2D eigenvalue weighted by atomic mass is 16.6. The molecule has 2 aliphatic carbocycles. The molecule has 3 rings (SSSR count). The van der Waals surface area contributed by atoms with Crippen LogP contribution < -0.4 is 0 Å². The summed E-state index contributed by atoms with van der Waals surface area (Å²) >= 11 is 0. The number of carbonyl (C=O) groups excluding carboxylic acids is 2. The van der Waals surface area contributed by atoms with E-state index in [2.05, 4.69) is 6.58 Å². The third-order valence-electron chi connectivity index (χ3n) is 9.09. The Bertz CT molecular complexity index is 859. The average molecular weight is 479 g/mol. The van der Waals surface area contributed by atoms with Gasteiger partial charge in [-0.15, -0.1) is 6.58 Å². The summed E-state index contributed by atoms with van der Waals surface area (Å²) in [5, 5.41) is 21.9. The molecule has 3 fully saturated rings. The number of ether oxygens (including phenoxy) is 3. The molecule has 8 atom stereocenters. The summed E-state index contributed by atoms with van der Waals surface area (Å²) in [5.41, 5.74) is -2.31. The van der Waals surface area contributed by atoms with Crippen LogP contribution >= 0.6 is 0 Å². The minimum absolute atomic E-state index is 0.0358. The van der Waals surface area contributed by atoms with E-state index in [9.17, 15) is 19.8 Å². The molecule has 2 saturated carbocycles. The maximum absolute atomic E-state index is 12.8. The van der Waals surface area contributed by atoms with Crippen LogP contribution in [0.25, 0.3) is 0 Å². The maximum atomic E-state index is 12.8. The summed E-state index contributed by atoms with van der Waals surface area (Å²) in [5.74, 6) is -0.979. The van der Waals surface area contributed by atoms with Gasteiger partial charge >= 0.3 is 11.9 Å². The van der Waals surface area contributed by atoms with E-state index in [4.69, 9.17) is 14.2 Å². The summed E-state index contributed by atoms with van der Waals surface area (Å²) in [7, 11) is 0. The van der Waals surface area contributed by atoms with Crippen molar-refractivity contribution in [1.29, 1.82) is 0 Å². The Morgan fingerprint density at radius 1 is 1.24 bits per heavy atom. The van der Waals surface area contributed by atoms with E-state index < -0.39 is 52.3 Å². The van der Waals surface area contributed by atoms with Crippen LogP contribution in [0.1, 0.15) is 74.1 Å². The number of carbonyl (C=O) groups is 2. The second-order valence-electron chi connectivity index (χ2n) is 11.6. The van der Waals surface area contributed by atoms with Crippen molar-refractivity contribution < 1.29 is 34.0 Å². The molecular weight excluding hydrogens is 436 g/mol. The van der Waals surface area contributed by atoms with Crippen molar-refractivity contribution in [3.05, 3.63) is 24.3 Å². The number of allylic oxidation sites excluding steroid dienone is 1. The van der Waals surface area contributed by atoms with Crippen LogP contribution in [0, 0.1) is 22.7 Å². The highest BCUT2D eigenvalue weighted by Crippen LogP contribution is 2.68. The summed E-state index contributed by atoms with van der Waals surface area (Å²) in [4.78, 5) is 24.9. The van der Waals surface area contributed by atoms with Crippen LogP contribution in [0.2, 0.25) is 0 Å². The Morgan fingerprint density at radius 3 is 2.44 bits per heavy atom. The summed E-state index contributed by atoms with van der Waals surface area (Å²) in [6.45, 7) is 16.7. The van der Waals surface area contributed by atoms with Crippen molar-refractivity contribution in [3.8, 4) is 0 Å². The lowest BCUT2D eigenvalue weighted by atomic mass is 9.44. The molecule has 3 aliphatic rings. The highest BCUT2D eigenvalue weighted by Gasteiger charge is 2.72. The zero-order valence-corrected chi connectivity index (χ0v) is 21.7. The number of hydrogen-bond acceptors (Lipinski definition) is 7. The minimum atomic E-state index is -1.04. The molecule has 1 aliphatic heterocycles. The normalized spacial score (nSPS) is 40.6. The van der Waals surface area contributed by atoms with Gasteiger partial charge in [-0.1, -0.05) is 26.0 Å². The van der Waals surface area contributed by atoms with Crippen LogP contribution in [-0.2, 0) is 23.8 Å². The standard InChI is InChI=1S/C27H42O7/c1-9-16(3)23(30)34-18-14-27-15-32-26(8,19(27)11-12-25(7,31)10-2)21(29)13-20(27)24(5,6)22(18)33-17(4)28/h9-10,18-22,29,31H,2,11-15H2,1,3-8H3/b16-9-/t18-,19-,20+,21-,22-,25+,26-,27+/m1/s1.